The predicted molar refractivity (Wildman–Crippen MR) is 109 cm³/mol. The summed E-state index contributed by atoms with van der Waals surface area (Å²) in [5, 5.41) is 4.19. The summed E-state index contributed by atoms with van der Waals surface area (Å²) in [6.45, 7) is 9.79. The fourth-order valence-corrected chi connectivity index (χ4v) is 4.09. The lowest BCUT2D eigenvalue weighted by Crippen LogP contribution is -2.19. The molecule has 0 unspecified atom stereocenters. The Morgan fingerprint density at radius 1 is 1.29 bits per heavy atom. The van der Waals surface area contributed by atoms with Gasteiger partial charge in [0.05, 0.1) is 11.3 Å². The number of amides is 1. The number of hydrogen-bond acceptors (Lipinski definition) is 5. The molecule has 2 N–H and O–H groups in total. The maximum absolute atomic E-state index is 12.5. The van der Waals surface area contributed by atoms with E-state index in [-0.39, 0.29) is 5.91 Å². The van der Waals surface area contributed by atoms with Crippen LogP contribution in [0.2, 0.25) is 0 Å². The minimum absolute atomic E-state index is 0.211. The third kappa shape index (κ3) is 3.49. The van der Waals surface area contributed by atoms with E-state index in [2.05, 4.69) is 51.2 Å². The maximum atomic E-state index is 12.5. The average molecular weight is 378 g/mol. The molecule has 7 heteroatoms. The Kier molecular flexibility index (Phi) is 5.09. The van der Waals surface area contributed by atoms with Gasteiger partial charge in [-0.3, -0.25) is 9.69 Å². The van der Waals surface area contributed by atoms with Gasteiger partial charge >= 0.3 is 0 Å². The summed E-state index contributed by atoms with van der Waals surface area (Å²) in [6.07, 6.45) is 7.58. The number of hydrazone groups is 1. The van der Waals surface area contributed by atoms with Gasteiger partial charge < -0.3 is 4.98 Å². The number of nitrogens with zero attached hydrogens (tertiary/aromatic N) is 4. The van der Waals surface area contributed by atoms with Crippen LogP contribution in [0, 0.1) is 6.92 Å². The summed E-state index contributed by atoms with van der Waals surface area (Å²) in [4.78, 5) is 26.7. The summed E-state index contributed by atoms with van der Waals surface area (Å²) >= 11 is 0. The van der Waals surface area contributed by atoms with E-state index in [9.17, 15) is 4.79 Å². The molecule has 1 amide bonds. The summed E-state index contributed by atoms with van der Waals surface area (Å²) in [6, 6.07) is 1.76. The molecule has 0 radical (unpaired) electrons. The highest BCUT2D eigenvalue weighted by Crippen LogP contribution is 2.31. The molecule has 2 aromatic rings. The Labute approximate surface area is 165 Å². The Morgan fingerprint density at radius 2 is 2.07 bits per heavy atom. The van der Waals surface area contributed by atoms with Gasteiger partial charge in [0.1, 0.15) is 12.0 Å². The second kappa shape index (κ2) is 7.67. The summed E-state index contributed by atoms with van der Waals surface area (Å²) < 4.78 is 0. The van der Waals surface area contributed by atoms with Crippen LogP contribution in [-0.2, 0) is 11.3 Å². The number of nitrogens with one attached hydrogen (secondary N) is 2. The Hall–Kier alpha value is -2.80. The smallest absolute Gasteiger partial charge is 0.273 e. The van der Waals surface area contributed by atoms with E-state index in [0.29, 0.717) is 22.9 Å². The molecule has 0 bridgehead atoms. The number of aryl methyl sites for hydroxylation is 1. The molecular weight excluding hydrogens is 352 g/mol. The van der Waals surface area contributed by atoms with Gasteiger partial charge in [-0.1, -0.05) is 13.8 Å². The largest absolute Gasteiger partial charge is 0.359 e. The molecule has 28 heavy (non-hydrogen) atoms. The van der Waals surface area contributed by atoms with E-state index in [1.54, 1.807) is 12.3 Å². The second-order valence-corrected chi connectivity index (χ2v) is 7.75. The highest BCUT2D eigenvalue weighted by molar-refractivity contribution is 6.32. The van der Waals surface area contributed by atoms with Crippen molar-refractivity contribution in [1.82, 2.24) is 25.3 Å². The topological polar surface area (TPSA) is 86.3 Å². The van der Waals surface area contributed by atoms with Gasteiger partial charge in [-0.15, -0.1) is 0 Å². The lowest BCUT2D eigenvalue weighted by molar-refractivity contribution is -0.116. The predicted octanol–water partition coefficient (Wildman–Crippen LogP) is 2.75. The summed E-state index contributed by atoms with van der Waals surface area (Å²) in [7, 11) is 0. The highest BCUT2D eigenvalue weighted by Gasteiger charge is 2.27. The molecule has 4 heterocycles. The molecule has 0 aliphatic carbocycles. The number of likely N-dealkylation sites (tertiary alicyclic amines) is 1. The fraction of sp³-hybridized carbons (Fsp3) is 0.429. The number of aromatic nitrogens is 3. The zero-order chi connectivity index (χ0) is 19.7. The van der Waals surface area contributed by atoms with Crippen molar-refractivity contribution in [3.8, 4) is 0 Å². The van der Waals surface area contributed by atoms with Gasteiger partial charge in [0.15, 0.2) is 0 Å². The Balaban J connectivity index is 1.74. The third-order valence-electron chi connectivity index (χ3n) is 5.43. The standard InChI is InChI=1S/C21H26N6O/c1-13(2)19-16(11-27-8-4-5-9-27)14(3)24-18(19)10-15-20(25-26-21(15)28)17-6-7-22-12-23-17/h6-7,10,12-13,24H,4-5,8-9,11H2,1-3H3,(H,26,28)/b15-10+. The minimum Gasteiger partial charge on any atom is -0.359 e. The van der Waals surface area contributed by atoms with Crippen LogP contribution >= 0.6 is 0 Å². The number of hydrogen-bond donors (Lipinski definition) is 2. The van der Waals surface area contributed by atoms with Crippen LogP contribution < -0.4 is 5.43 Å². The number of carbonyl (C=O) groups is 1. The van der Waals surface area contributed by atoms with Gasteiger partial charge in [0.2, 0.25) is 0 Å². The van der Waals surface area contributed by atoms with Crippen molar-refractivity contribution in [2.75, 3.05) is 13.1 Å². The van der Waals surface area contributed by atoms with Gasteiger partial charge in [-0.25, -0.2) is 15.4 Å². The lowest BCUT2D eigenvalue weighted by Gasteiger charge is -2.17. The van der Waals surface area contributed by atoms with Crippen molar-refractivity contribution in [3.05, 3.63) is 52.4 Å². The van der Waals surface area contributed by atoms with Crippen LogP contribution in [0.15, 0.2) is 29.3 Å². The first-order valence-corrected chi connectivity index (χ1v) is 9.84. The van der Waals surface area contributed by atoms with E-state index in [4.69, 9.17) is 0 Å². The zero-order valence-electron chi connectivity index (χ0n) is 16.6. The van der Waals surface area contributed by atoms with E-state index < -0.39 is 0 Å². The van der Waals surface area contributed by atoms with Crippen LogP contribution in [0.25, 0.3) is 6.08 Å². The van der Waals surface area contributed by atoms with Crippen molar-refractivity contribution < 1.29 is 4.79 Å². The number of carbonyl (C=O) groups excluding carboxylic acids is 1. The van der Waals surface area contributed by atoms with Crippen molar-refractivity contribution >= 4 is 17.7 Å². The van der Waals surface area contributed by atoms with Gasteiger partial charge in [-0.05, 0) is 62.0 Å². The molecule has 2 aliphatic heterocycles. The number of aromatic amines is 1. The van der Waals surface area contributed by atoms with Gasteiger partial charge in [0.25, 0.3) is 5.91 Å². The fourth-order valence-electron chi connectivity index (χ4n) is 4.09. The van der Waals surface area contributed by atoms with E-state index in [0.717, 1.165) is 25.3 Å². The Morgan fingerprint density at radius 3 is 2.75 bits per heavy atom. The van der Waals surface area contributed by atoms with Crippen LogP contribution in [0.1, 0.15) is 60.8 Å². The second-order valence-electron chi connectivity index (χ2n) is 7.75. The Bertz CT molecular complexity index is 935. The van der Waals surface area contributed by atoms with E-state index in [1.807, 2.05) is 6.08 Å². The maximum Gasteiger partial charge on any atom is 0.273 e. The molecule has 0 aromatic carbocycles. The van der Waals surface area contributed by atoms with Gasteiger partial charge in [-0.2, -0.15) is 5.10 Å². The monoisotopic (exact) mass is 378 g/mol. The first-order chi connectivity index (χ1) is 13.5. The highest BCUT2D eigenvalue weighted by atomic mass is 16.2. The molecule has 0 saturated carbocycles. The quantitative estimate of drug-likeness (QED) is 0.784. The summed E-state index contributed by atoms with van der Waals surface area (Å²) in [5.41, 5.74) is 9.05. The normalized spacial score (nSPS) is 18.9. The molecule has 1 fully saturated rings. The van der Waals surface area contributed by atoms with Crippen LogP contribution in [0.4, 0.5) is 0 Å². The molecule has 2 aromatic heterocycles. The van der Waals surface area contributed by atoms with Crippen LogP contribution in [0.5, 0.6) is 0 Å². The van der Waals surface area contributed by atoms with Crippen molar-refractivity contribution in [3.63, 3.8) is 0 Å². The van der Waals surface area contributed by atoms with E-state index in [1.165, 1.54) is 36.0 Å². The number of rotatable bonds is 5. The SMILES string of the molecule is Cc1[nH]c(/C=C2/C(=O)NN=C2c2ccncn2)c(C(C)C)c1CN1CCCC1. The molecule has 7 nitrogen and oxygen atoms in total. The van der Waals surface area contributed by atoms with Crippen molar-refractivity contribution in [2.45, 2.75) is 46.1 Å². The molecule has 0 atom stereocenters. The molecular formula is C21H26N6O. The first kappa shape index (κ1) is 18.6. The minimum atomic E-state index is -0.211. The molecule has 2 aliphatic rings. The molecule has 0 spiro atoms. The van der Waals surface area contributed by atoms with Crippen LogP contribution in [0.3, 0.4) is 0 Å². The molecule has 4 rings (SSSR count). The van der Waals surface area contributed by atoms with Crippen molar-refractivity contribution in [2.24, 2.45) is 5.10 Å². The zero-order valence-corrected chi connectivity index (χ0v) is 16.6. The lowest BCUT2D eigenvalue weighted by atomic mass is 9.95. The van der Waals surface area contributed by atoms with Crippen LogP contribution in [-0.4, -0.2) is 44.6 Å². The molecule has 146 valence electrons. The average Bonchev–Trinajstić information content (AvgIpc) is 3.38. The van der Waals surface area contributed by atoms with Crippen molar-refractivity contribution in [1.29, 1.82) is 0 Å². The first-order valence-electron chi connectivity index (χ1n) is 9.84. The number of H-pyrrole nitrogens is 1. The molecule has 1 saturated heterocycles. The van der Waals surface area contributed by atoms with E-state index >= 15 is 0 Å². The summed E-state index contributed by atoms with van der Waals surface area (Å²) in [5.74, 6) is 0.134. The van der Waals surface area contributed by atoms with Gasteiger partial charge in [0, 0.05) is 24.1 Å². The third-order valence-corrected chi connectivity index (χ3v) is 5.43.